The average Bonchev–Trinajstić information content (AvgIpc) is 2.61. The quantitative estimate of drug-likeness (QED) is 0.747. The standard InChI is InChI=1S/C11H22N2OS/c1-4-15-7-8(2)13-11(14)10-5-6-12-9(10)3/h8-10,12H,4-7H2,1-3H3,(H,13,14). The van der Waals surface area contributed by atoms with Crippen LogP contribution in [0.15, 0.2) is 0 Å². The molecule has 4 heteroatoms. The van der Waals surface area contributed by atoms with E-state index in [9.17, 15) is 4.79 Å². The van der Waals surface area contributed by atoms with Crippen LogP contribution >= 0.6 is 11.8 Å². The molecule has 0 radical (unpaired) electrons. The number of hydrogen-bond acceptors (Lipinski definition) is 3. The third-order valence-electron chi connectivity index (χ3n) is 2.82. The van der Waals surface area contributed by atoms with Crippen LogP contribution in [0, 0.1) is 5.92 Å². The first-order valence-electron chi connectivity index (χ1n) is 5.76. The van der Waals surface area contributed by atoms with Gasteiger partial charge in [0, 0.05) is 17.8 Å². The molecule has 2 N–H and O–H groups in total. The Balaban J connectivity index is 2.28. The van der Waals surface area contributed by atoms with Crippen molar-refractivity contribution in [2.45, 2.75) is 39.3 Å². The van der Waals surface area contributed by atoms with Gasteiger partial charge in [-0.15, -0.1) is 0 Å². The van der Waals surface area contributed by atoms with Crippen molar-refractivity contribution >= 4 is 17.7 Å². The Labute approximate surface area is 96.8 Å². The highest BCUT2D eigenvalue weighted by molar-refractivity contribution is 7.99. The van der Waals surface area contributed by atoms with E-state index in [2.05, 4.69) is 31.4 Å². The third kappa shape index (κ3) is 4.03. The fourth-order valence-corrected chi connectivity index (χ4v) is 2.58. The van der Waals surface area contributed by atoms with Gasteiger partial charge in [-0.1, -0.05) is 6.92 Å². The number of amides is 1. The summed E-state index contributed by atoms with van der Waals surface area (Å²) in [7, 11) is 0. The zero-order valence-electron chi connectivity index (χ0n) is 9.88. The number of carbonyl (C=O) groups is 1. The monoisotopic (exact) mass is 230 g/mol. The first kappa shape index (κ1) is 12.8. The molecule has 1 amide bonds. The summed E-state index contributed by atoms with van der Waals surface area (Å²) in [4.78, 5) is 11.9. The van der Waals surface area contributed by atoms with Crippen molar-refractivity contribution in [3.05, 3.63) is 0 Å². The maximum Gasteiger partial charge on any atom is 0.224 e. The molecule has 1 saturated heterocycles. The molecule has 0 aliphatic carbocycles. The topological polar surface area (TPSA) is 41.1 Å². The van der Waals surface area contributed by atoms with Crippen LogP contribution in [0.2, 0.25) is 0 Å². The summed E-state index contributed by atoms with van der Waals surface area (Å²) in [5.41, 5.74) is 0. The number of thioether (sulfide) groups is 1. The van der Waals surface area contributed by atoms with Crippen LogP contribution in [-0.4, -0.2) is 36.0 Å². The average molecular weight is 230 g/mol. The molecule has 1 aliphatic rings. The van der Waals surface area contributed by atoms with Gasteiger partial charge in [0.1, 0.15) is 0 Å². The van der Waals surface area contributed by atoms with Gasteiger partial charge in [-0.2, -0.15) is 11.8 Å². The second kappa shape index (κ2) is 6.38. The third-order valence-corrected chi connectivity index (χ3v) is 3.97. The van der Waals surface area contributed by atoms with Crippen molar-refractivity contribution < 1.29 is 4.79 Å². The van der Waals surface area contributed by atoms with E-state index < -0.39 is 0 Å². The van der Waals surface area contributed by atoms with Crippen molar-refractivity contribution in [2.24, 2.45) is 5.92 Å². The Bertz CT molecular complexity index is 211. The molecule has 0 aromatic carbocycles. The van der Waals surface area contributed by atoms with Gasteiger partial charge in [0.2, 0.25) is 5.91 Å². The van der Waals surface area contributed by atoms with E-state index in [1.165, 1.54) is 0 Å². The van der Waals surface area contributed by atoms with Crippen molar-refractivity contribution in [1.29, 1.82) is 0 Å². The molecule has 1 fully saturated rings. The Kier molecular flexibility index (Phi) is 5.47. The fourth-order valence-electron chi connectivity index (χ4n) is 1.90. The van der Waals surface area contributed by atoms with Crippen LogP contribution in [0.4, 0.5) is 0 Å². The molecule has 1 rings (SSSR count). The molecule has 1 aliphatic heterocycles. The number of carbonyl (C=O) groups excluding carboxylic acids is 1. The lowest BCUT2D eigenvalue weighted by Crippen LogP contribution is -2.41. The van der Waals surface area contributed by atoms with Gasteiger partial charge in [0.25, 0.3) is 0 Å². The molecule has 88 valence electrons. The largest absolute Gasteiger partial charge is 0.353 e. The van der Waals surface area contributed by atoms with E-state index in [-0.39, 0.29) is 17.9 Å². The van der Waals surface area contributed by atoms with Crippen LogP contribution in [0.3, 0.4) is 0 Å². The van der Waals surface area contributed by atoms with Crippen LogP contribution < -0.4 is 10.6 Å². The van der Waals surface area contributed by atoms with Gasteiger partial charge >= 0.3 is 0 Å². The normalized spacial score (nSPS) is 27.7. The van der Waals surface area contributed by atoms with Crippen molar-refractivity contribution in [1.82, 2.24) is 10.6 Å². The summed E-state index contributed by atoms with van der Waals surface area (Å²) in [5.74, 6) is 2.51. The van der Waals surface area contributed by atoms with Crippen molar-refractivity contribution in [3.8, 4) is 0 Å². The first-order chi connectivity index (χ1) is 7.15. The maximum absolute atomic E-state index is 11.9. The smallest absolute Gasteiger partial charge is 0.224 e. The minimum atomic E-state index is 0.166. The summed E-state index contributed by atoms with van der Waals surface area (Å²) < 4.78 is 0. The van der Waals surface area contributed by atoms with Crippen LogP contribution in [0.25, 0.3) is 0 Å². The molecule has 15 heavy (non-hydrogen) atoms. The van der Waals surface area contributed by atoms with E-state index >= 15 is 0 Å². The van der Waals surface area contributed by atoms with Crippen molar-refractivity contribution in [2.75, 3.05) is 18.1 Å². The second-order valence-electron chi connectivity index (χ2n) is 4.21. The van der Waals surface area contributed by atoms with E-state index in [0.717, 1.165) is 24.5 Å². The Morgan fingerprint density at radius 3 is 2.93 bits per heavy atom. The molecular weight excluding hydrogens is 208 g/mol. The molecule has 1 heterocycles. The van der Waals surface area contributed by atoms with Crippen LogP contribution in [-0.2, 0) is 4.79 Å². The molecule has 3 unspecified atom stereocenters. The molecule has 0 aromatic rings. The van der Waals surface area contributed by atoms with Gasteiger partial charge in [-0.25, -0.2) is 0 Å². The minimum absolute atomic E-state index is 0.166. The number of nitrogens with one attached hydrogen (secondary N) is 2. The predicted octanol–water partition coefficient (Wildman–Crippen LogP) is 1.24. The highest BCUT2D eigenvalue weighted by Crippen LogP contribution is 2.15. The van der Waals surface area contributed by atoms with Crippen molar-refractivity contribution in [3.63, 3.8) is 0 Å². The second-order valence-corrected chi connectivity index (χ2v) is 5.53. The Morgan fingerprint density at radius 1 is 1.67 bits per heavy atom. The summed E-state index contributed by atoms with van der Waals surface area (Å²) in [6.45, 7) is 7.27. The predicted molar refractivity (Wildman–Crippen MR) is 66.2 cm³/mol. The summed E-state index contributed by atoms with van der Waals surface area (Å²) >= 11 is 1.87. The van der Waals surface area contributed by atoms with Gasteiger partial charge in [-0.3, -0.25) is 4.79 Å². The fraction of sp³-hybridized carbons (Fsp3) is 0.909. The molecule has 0 spiro atoms. The molecule has 0 aromatic heterocycles. The number of hydrogen-bond donors (Lipinski definition) is 2. The summed E-state index contributed by atoms with van der Waals surface area (Å²) in [6.07, 6.45) is 0.973. The molecule has 0 bridgehead atoms. The van der Waals surface area contributed by atoms with Gasteiger partial charge in [0.05, 0.1) is 5.92 Å². The van der Waals surface area contributed by atoms with E-state index in [1.807, 2.05) is 11.8 Å². The highest BCUT2D eigenvalue weighted by Gasteiger charge is 2.29. The van der Waals surface area contributed by atoms with Gasteiger partial charge < -0.3 is 10.6 Å². The highest BCUT2D eigenvalue weighted by atomic mass is 32.2. The van der Waals surface area contributed by atoms with Gasteiger partial charge in [0.15, 0.2) is 0 Å². The lowest BCUT2D eigenvalue weighted by Gasteiger charge is -2.19. The minimum Gasteiger partial charge on any atom is -0.353 e. The van der Waals surface area contributed by atoms with E-state index in [0.29, 0.717) is 6.04 Å². The molecule has 0 saturated carbocycles. The van der Waals surface area contributed by atoms with Crippen LogP contribution in [0.5, 0.6) is 0 Å². The van der Waals surface area contributed by atoms with Gasteiger partial charge in [-0.05, 0) is 32.6 Å². The molecule has 3 atom stereocenters. The molecular formula is C11H22N2OS. The maximum atomic E-state index is 11.9. The zero-order valence-corrected chi connectivity index (χ0v) is 10.7. The first-order valence-corrected chi connectivity index (χ1v) is 6.92. The Morgan fingerprint density at radius 2 is 2.40 bits per heavy atom. The van der Waals surface area contributed by atoms with Crippen LogP contribution in [0.1, 0.15) is 27.2 Å². The van der Waals surface area contributed by atoms with E-state index in [4.69, 9.17) is 0 Å². The zero-order chi connectivity index (χ0) is 11.3. The Hall–Kier alpha value is -0.220. The SMILES string of the molecule is CCSCC(C)NC(=O)C1CCNC1C. The van der Waals surface area contributed by atoms with E-state index in [1.54, 1.807) is 0 Å². The number of rotatable bonds is 5. The molecule has 3 nitrogen and oxygen atoms in total. The lowest BCUT2D eigenvalue weighted by atomic mass is 10.0. The summed E-state index contributed by atoms with van der Waals surface area (Å²) in [6, 6.07) is 0.617. The lowest BCUT2D eigenvalue weighted by molar-refractivity contribution is -0.125. The summed E-state index contributed by atoms with van der Waals surface area (Å²) in [5, 5.41) is 6.39.